The number of nitrogens with zero attached hydrogens (tertiary/aromatic N) is 1. The molecule has 2 N–H and O–H groups in total. The van der Waals surface area contributed by atoms with E-state index in [9.17, 15) is 9.59 Å². The summed E-state index contributed by atoms with van der Waals surface area (Å²) in [6, 6.07) is 4.48. The Labute approximate surface area is 139 Å². The highest BCUT2D eigenvalue weighted by Gasteiger charge is 2.27. The topological polar surface area (TPSA) is 81.9 Å². The van der Waals surface area contributed by atoms with Gasteiger partial charge >= 0.3 is 12.0 Å². The smallest absolute Gasteiger partial charge is 0.330 e. The standard InChI is InChI=1S/C16H19ClN2O4/c1-22-14-6-5-12(17)9-11(14)4-7-15(20)23-10-13-3-2-8-19(13)16(18)21/h4-7,9,13H,2-3,8,10H2,1H3,(H2,18,21)/b7-4+/t13-/m0/s1. The largest absolute Gasteiger partial charge is 0.496 e. The van der Waals surface area contributed by atoms with Gasteiger partial charge in [-0.05, 0) is 37.1 Å². The summed E-state index contributed by atoms with van der Waals surface area (Å²) in [6.45, 7) is 0.742. The van der Waals surface area contributed by atoms with Crippen molar-refractivity contribution < 1.29 is 19.1 Å². The molecule has 2 rings (SSSR count). The molecule has 1 heterocycles. The predicted octanol–water partition coefficient (Wildman–Crippen LogP) is 2.45. The van der Waals surface area contributed by atoms with Crippen LogP contribution in [0.4, 0.5) is 4.79 Å². The highest BCUT2D eigenvalue weighted by molar-refractivity contribution is 6.30. The molecule has 1 saturated heterocycles. The Bertz CT molecular complexity index is 618. The lowest BCUT2D eigenvalue weighted by atomic mass is 10.2. The van der Waals surface area contributed by atoms with Crippen LogP contribution in [-0.2, 0) is 9.53 Å². The van der Waals surface area contributed by atoms with E-state index in [1.165, 1.54) is 18.1 Å². The van der Waals surface area contributed by atoms with Crippen molar-refractivity contribution in [2.75, 3.05) is 20.3 Å². The molecule has 0 bridgehead atoms. The van der Waals surface area contributed by atoms with E-state index in [1.807, 2.05) is 0 Å². The number of urea groups is 1. The van der Waals surface area contributed by atoms with E-state index in [0.717, 1.165) is 12.8 Å². The average molecular weight is 339 g/mol. The molecule has 124 valence electrons. The average Bonchev–Trinajstić information content (AvgIpc) is 3.00. The van der Waals surface area contributed by atoms with Crippen molar-refractivity contribution in [3.8, 4) is 5.75 Å². The van der Waals surface area contributed by atoms with Crippen LogP contribution in [0, 0.1) is 0 Å². The fraction of sp³-hybridized carbons (Fsp3) is 0.375. The fourth-order valence-electron chi connectivity index (χ4n) is 2.52. The Morgan fingerprint density at radius 3 is 2.96 bits per heavy atom. The van der Waals surface area contributed by atoms with E-state index in [0.29, 0.717) is 22.9 Å². The van der Waals surface area contributed by atoms with E-state index in [4.69, 9.17) is 26.8 Å². The molecule has 1 fully saturated rings. The number of carbonyl (C=O) groups excluding carboxylic acids is 2. The monoisotopic (exact) mass is 338 g/mol. The van der Waals surface area contributed by atoms with Crippen LogP contribution in [0.3, 0.4) is 0 Å². The molecule has 0 unspecified atom stereocenters. The Hall–Kier alpha value is -2.21. The summed E-state index contributed by atoms with van der Waals surface area (Å²) >= 11 is 5.93. The zero-order chi connectivity index (χ0) is 16.8. The zero-order valence-electron chi connectivity index (χ0n) is 12.8. The number of nitrogens with two attached hydrogens (primary N) is 1. The molecule has 6 nitrogen and oxygen atoms in total. The van der Waals surface area contributed by atoms with Crippen LogP contribution in [0.5, 0.6) is 5.75 Å². The molecule has 1 aliphatic heterocycles. The molecule has 7 heteroatoms. The number of rotatable bonds is 5. The third-order valence-corrected chi connectivity index (χ3v) is 3.90. The van der Waals surface area contributed by atoms with Crippen LogP contribution in [0.25, 0.3) is 6.08 Å². The number of likely N-dealkylation sites (tertiary alicyclic amines) is 1. The van der Waals surface area contributed by atoms with Gasteiger partial charge in [0.1, 0.15) is 12.4 Å². The SMILES string of the molecule is COc1ccc(Cl)cc1/C=C/C(=O)OC[C@@H]1CCCN1C(N)=O. The van der Waals surface area contributed by atoms with Crippen molar-refractivity contribution in [1.82, 2.24) is 4.90 Å². The number of methoxy groups -OCH3 is 1. The predicted molar refractivity (Wildman–Crippen MR) is 87.3 cm³/mol. The van der Waals surface area contributed by atoms with Crippen LogP contribution in [0.2, 0.25) is 5.02 Å². The minimum Gasteiger partial charge on any atom is -0.496 e. The Balaban J connectivity index is 1.92. The number of amides is 2. The van der Waals surface area contributed by atoms with E-state index in [-0.39, 0.29) is 12.6 Å². The van der Waals surface area contributed by atoms with Crippen LogP contribution >= 0.6 is 11.6 Å². The highest BCUT2D eigenvalue weighted by Crippen LogP contribution is 2.24. The normalized spacial score (nSPS) is 17.5. The third-order valence-electron chi connectivity index (χ3n) is 3.67. The number of primary amides is 1. The Morgan fingerprint density at radius 1 is 1.48 bits per heavy atom. The lowest BCUT2D eigenvalue weighted by Gasteiger charge is -2.21. The van der Waals surface area contributed by atoms with Crippen molar-refractivity contribution in [3.05, 3.63) is 34.9 Å². The molecular formula is C16H19ClN2O4. The van der Waals surface area contributed by atoms with Gasteiger partial charge in [0.25, 0.3) is 0 Å². The number of hydrogen-bond donors (Lipinski definition) is 1. The molecule has 1 aromatic carbocycles. The Kier molecular flexibility index (Phi) is 5.87. The van der Waals surface area contributed by atoms with E-state index in [1.54, 1.807) is 24.3 Å². The second kappa shape index (κ2) is 7.87. The molecule has 23 heavy (non-hydrogen) atoms. The molecule has 0 aromatic heterocycles. The first-order valence-electron chi connectivity index (χ1n) is 7.25. The minimum atomic E-state index is -0.497. The van der Waals surface area contributed by atoms with Crippen LogP contribution in [0.1, 0.15) is 18.4 Å². The highest BCUT2D eigenvalue weighted by atomic mass is 35.5. The van der Waals surface area contributed by atoms with Crippen molar-refractivity contribution in [2.45, 2.75) is 18.9 Å². The minimum absolute atomic E-state index is 0.138. The maximum atomic E-state index is 11.8. The van der Waals surface area contributed by atoms with Crippen LogP contribution in [-0.4, -0.2) is 43.2 Å². The maximum absolute atomic E-state index is 11.8. The quantitative estimate of drug-likeness (QED) is 0.660. The number of esters is 1. The first-order valence-corrected chi connectivity index (χ1v) is 7.63. The first kappa shape index (κ1) is 17.1. The fourth-order valence-corrected chi connectivity index (χ4v) is 2.70. The summed E-state index contributed by atoms with van der Waals surface area (Å²) in [7, 11) is 1.54. The summed E-state index contributed by atoms with van der Waals surface area (Å²) < 4.78 is 10.4. The van der Waals surface area contributed by atoms with Gasteiger partial charge in [-0.15, -0.1) is 0 Å². The molecule has 1 aliphatic rings. The summed E-state index contributed by atoms with van der Waals surface area (Å²) in [5.41, 5.74) is 5.96. The van der Waals surface area contributed by atoms with Crippen molar-refractivity contribution >= 4 is 29.7 Å². The maximum Gasteiger partial charge on any atom is 0.330 e. The number of carbonyl (C=O) groups is 2. The lowest BCUT2D eigenvalue weighted by Crippen LogP contribution is -2.41. The van der Waals surface area contributed by atoms with Gasteiger partial charge in [0.2, 0.25) is 0 Å². The summed E-state index contributed by atoms with van der Waals surface area (Å²) in [6.07, 6.45) is 4.52. The second-order valence-electron chi connectivity index (χ2n) is 5.18. The van der Waals surface area contributed by atoms with Gasteiger partial charge in [-0.2, -0.15) is 0 Å². The number of halogens is 1. The van der Waals surface area contributed by atoms with E-state index < -0.39 is 12.0 Å². The second-order valence-corrected chi connectivity index (χ2v) is 5.61. The van der Waals surface area contributed by atoms with Gasteiger partial charge < -0.3 is 20.1 Å². The first-order chi connectivity index (χ1) is 11.0. The van der Waals surface area contributed by atoms with Gasteiger partial charge in [0.05, 0.1) is 13.2 Å². The lowest BCUT2D eigenvalue weighted by molar-refractivity contribution is -0.138. The third kappa shape index (κ3) is 4.63. The van der Waals surface area contributed by atoms with Gasteiger partial charge in [0.15, 0.2) is 0 Å². The molecule has 2 amide bonds. The van der Waals surface area contributed by atoms with Gasteiger partial charge in [-0.3, -0.25) is 0 Å². The Morgan fingerprint density at radius 2 is 2.26 bits per heavy atom. The van der Waals surface area contributed by atoms with Gasteiger partial charge in [-0.25, -0.2) is 9.59 Å². The van der Waals surface area contributed by atoms with Crippen molar-refractivity contribution in [2.24, 2.45) is 5.73 Å². The molecule has 1 aromatic rings. The van der Waals surface area contributed by atoms with Crippen molar-refractivity contribution in [3.63, 3.8) is 0 Å². The molecule has 1 atom stereocenters. The number of benzene rings is 1. The molecule has 0 spiro atoms. The van der Waals surface area contributed by atoms with Crippen LogP contribution in [0.15, 0.2) is 24.3 Å². The number of hydrogen-bond acceptors (Lipinski definition) is 4. The summed E-state index contributed by atoms with van der Waals surface area (Å²) in [5, 5.41) is 0.543. The van der Waals surface area contributed by atoms with Gasteiger partial charge in [0, 0.05) is 23.2 Å². The summed E-state index contributed by atoms with van der Waals surface area (Å²) in [5.74, 6) is 0.109. The van der Waals surface area contributed by atoms with Gasteiger partial charge in [-0.1, -0.05) is 11.6 Å². The molecule has 0 radical (unpaired) electrons. The zero-order valence-corrected chi connectivity index (χ0v) is 13.6. The van der Waals surface area contributed by atoms with E-state index >= 15 is 0 Å². The van der Waals surface area contributed by atoms with Crippen LogP contribution < -0.4 is 10.5 Å². The van der Waals surface area contributed by atoms with E-state index in [2.05, 4.69) is 0 Å². The molecule has 0 saturated carbocycles. The molecule has 0 aliphatic carbocycles. The summed E-state index contributed by atoms with van der Waals surface area (Å²) in [4.78, 5) is 24.6. The molecular weight excluding hydrogens is 320 g/mol. The van der Waals surface area contributed by atoms with Crippen molar-refractivity contribution in [1.29, 1.82) is 0 Å². The number of ether oxygens (including phenoxy) is 2.